The standard InChI is InChI=1S/C28H29F3N4O5/c1-5-40-27(36)18-8-6-17(7-9-18)22-13-23-24(14-25(22)39-4)33-16(3)34-26(23)32-15(2)19-10-20(28(29,30)31)12-21(11-19)35(37)38/h6,10-15,18H,5,7-9H2,1-4H3,(H,32,33,34). The maximum Gasteiger partial charge on any atom is 0.416 e. The summed E-state index contributed by atoms with van der Waals surface area (Å²) in [6, 6.07) is 5.38. The Kier molecular flexibility index (Phi) is 8.26. The molecule has 3 aromatic rings. The van der Waals surface area contributed by atoms with Crippen LogP contribution in [-0.2, 0) is 15.7 Å². The number of rotatable bonds is 8. The molecule has 1 heterocycles. The van der Waals surface area contributed by atoms with E-state index in [1.54, 1.807) is 33.9 Å². The number of ether oxygens (including phenoxy) is 2. The van der Waals surface area contributed by atoms with Gasteiger partial charge in [0.1, 0.15) is 17.4 Å². The van der Waals surface area contributed by atoms with Crippen LogP contribution < -0.4 is 10.1 Å². The molecule has 40 heavy (non-hydrogen) atoms. The van der Waals surface area contributed by atoms with Crippen molar-refractivity contribution in [1.82, 2.24) is 9.97 Å². The first-order valence-electron chi connectivity index (χ1n) is 12.8. The Labute approximate surface area is 228 Å². The highest BCUT2D eigenvalue weighted by molar-refractivity contribution is 5.94. The van der Waals surface area contributed by atoms with Crippen molar-refractivity contribution in [3.05, 3.63) is 69.0 Å². The Morgan fingerprint density at radius 3 is 2.58 bits per heavy atom. The molecule has 1 aromatic heterocycles. The Bertz CT molecular complexity index is 1490. The molecule has 2 unspecified atom stereocenters. The van der Waals surface area contributed by atoms with Crippen molar-refractivity contribution in [3.63, 3.8) is 0 Å². The number of nitrogens with zero attached hydrogens (tertiary/aromatic N) is 3. The van der Waals surface area contributed by atoms with Gasteiger partial charge in [-0.1, -0.05) is 6.08 Å². The van der Waals surface area contributed by atoms with E-state index in [9.17, 15) is 28.1 Å². The molecule has 1 aliphatic rings. The number of alkyl halides is 3. The van der Waals surface area contributed by atoms with Crippen molar-refractivity contribution in [2.75, 3.05) is 19.0 Å². The summed E-state index contributed by atoms with van der Waals surface area (Å²) in [5.41, 5.74) is 0.645. The molecule has 1 aliphatic carbocycles. The maximum absolute atomic E-state index is 13.5. The van der Waals surface area contributed by atoms with Gasteiger partial charge in [0.15, 0.2) is 0 Å². The van der Waals surface area contributed by atoms with Gasteiger partial charge in [-0.15, -0.1) is 0 Å². The molecule has 0 spiro atoms. The van der Waals surface area contributed by atoms with E-state index in [1.165, 1.54) is 0 Å². The van der Waals surface area contributed by atoms with Gasteiger partial charge in [-0.05, 0) is 63.3 Å². The van der Waals surface area contributed by atoms with Crippen LogP contribution in [0.2, 0.25) is 0 Å². The fraction of sp³-hybridized carbons (Fsp3) is 0.393. The number of esters is 1. The van der Waals surface area contributed by atoms with E-state index in [1.807, 2.05) is 12.1 Å². The number of hydrogen-bond donors (Lipinski definition) is 1. The van der Waals surface area contributed by atoms with Crippen molar-refractivity contribution < 1.29 is 32.4 Å². The van der Waals surface area contributed by atoms with E-state index in [0.29, 0.717) is 60.2 Å². The zero-order chi connectivity index (χ0) is 29.2. The summed E-state index contributed by atoms with van der Waals surface area (Å²) in [5.74, 6) is 0.929. The number of carbonyl (C=O) groups excluding carboxylic acids is 1. The van der Waals surface area contributed by atoms with Gasteiger partial charge in [0.25, 0.3) is 5.69 Å². The van der Waals surface area contributed by atoms with Crippen molar-refractivity contribution >= 4 is 34.0 Å². The number of halogens is 3. The number of nitrogens with one attached hydrogen (secondary N) is 1. The molecule has 9 nitrogen and oxygen atoms in total. The van der Waals surface area contributed by atoms with Crippen molar-refractivity contribution in [3.8, 4) is 5.75 Å². The lowest BCUT2D eigenvalue weighted by atomic mass is 9.86. The minimum atomic E-state index is -4.75. The first kappa shape index (κ1) is 28.8. The molecule has 0 fully saturated rings. The van der Waals surface area contributed by atoms with Crippen molar-refractivity contribution in [2.45, 2.75) is 52.3 Å². The molecule has 212 valence electrons. The van der Waals surface area contributed by atoms with E-state index >= 15 is 0 Å². The van der Waals surface area contributed by atoms with Crippen LogP contribution in [0, 0.1) is 23.0 Å². The normalized spacial score (nSPS) is 16.3. The molecule has 0 aliphatic heterocycles. The van der Waals surface area contributed by atoms with Crippen LogP contribution in [0.1, 0.15) is 61.7 Å². The fourth-order valence-electron chi connectivity index (χ4n) is 4.80. The number of allylic oxidation sites excluding steroid dienone is 2. The lowest BCUT2D eigenvalue weighted by Crippen LogP contribution is -2.19. The summed E-state index contributed by atoms with van der Waals surface area (Å²) in [6.07, 6.45) is -1.00. The average molecular weight is 559 g/mol. The highest BCUT2D eigenvalue weighted by Gasteiger charge is 2.33. The van der Waals surface area contributed by atoms with E-state index in [4.69, 9.17) is 9.47 Å². The Balaban J connectivity index is 1.73. The third-order valence-electron chi connectivity index (χ3n) is 6.84. The van der Waals surface area contributed by atoms with E-state index < -0.39 is 28.4 Å². The molecule has 0 saturated carbocycles. The summed E-state index contributed by atoms with van der Waals surface area (Å²) in [6.45, 7) is 5.38. The molecule has 0 saturated heterocycles. The fourth-order valence-corrected chi connectivity index (χ4v) is 4.80. The Morgan fingerprint density at radius 1 is 1.23 bits per heavy atom. The number of non-ortho nitro benzene ring substituents is 1. The predicted octanol–water partition coefficient (Wildman–Crippen LogP) is 6.79. The van der Waals surface area contributed by atoms with Gasteiger partial charge >= 0.3 is 12.1 Å². The number of nitro benzene ring substituents is 1. The first-order valence-corrected chi connectivity index (χ1v) is 12.8. The number of nitro groups is 1. The smallest absolute Gasteiger partial charge is 0.416 e. The van der Waals surface area contributed by atoms with Crippen molar-refractivity contribution in [1.29, 1.82) is 0 Å². The number of methoxy groups -OCH3 is 1. The number of hydrogen-bond acceptors (Lipinski definition) is 8. The molecule has 0 amide bonds. The van der Waals surface area contributed by atoms with Gasteiger partial charge in [0, 0.05) is 29.1 Å². The van der Waals surface area contributed by atoms with E-state index in [2.05, 4.69) is 15.3 Å². The summed E-state index contributed by atoms with van der Waals surface area (Å²) >= 11 is 0. The SMILES string of the molecule is CCOC(=O)C1CC=C(c2cc3c(NC(C)c4cc([N+](=O)[O-])cc(C(F)(F)F)c4)nc(C)nc3cc2OC)CC1. The summed E-state index contributed by atoms with van der Waals surface area (Å²) in [5, 5.41) is 15.1. The van der Waals surface area contributed by atoms with Crippen LogP contribution >= 0.6 is 0 Å². The van der Waals surface area contributed by atoms with Crippen LogP contribution in [0.15, 0.2) is 36.4 Å². The van der Waals surface area contributed by atoms with Gasteiger partial charge in [-0.25, -0.2) is 9.97 Å². The molecule has 1 N–H and O–H groups in total. The van der Waals surface area contributed by atoms with Gasteiger partial charge in [0.05, 0.1) is 41.7 Å². The first-order chi connectivity index (χ1) is 18.9. The third-order valence-corrected chi connectivity index (χ3v) is 6.84. The zero-order valence-electron chi connectivity index (χ0n) is 22.5. The van der Waals surface area contributed by atoms with Gasteiger partial charge in [0.2, 0.25) is 0 Å². The summed E-state index contributed by atoms with van der Waals surface area (Å²) in [4.78, 5) is 31.6. The number of benzene rings is 2. The lowest BCUT2D eigenvalue weighted by molar-refractivity contribution is -0.385. The molecule has 0 bridgehead atoms. The third kappa shape index (κ3) is 6.16. The van der Waals surface area contributed by atoms with Gasteiger partial charge < -0.3 is 14.8 Å². The predicted molar refractivity (Wildman–Crippen MR) is 143 cm³/mol. The number of carbonyl (C=O) groups is 1. The van der Waals surface area contributed by atoms with Crippen LogP contribution in [0.25, 0.3) is 16.5 Å². The minimum absolute atomic E-state index is 0.0830. The monoisotopic (exact) mass is 558 g/mol. The molecule has 2 aromatic carbocycles. The second-order valence-electron chi connectivity index (χ2n) is 9.58. The Morgan fingerprint density at radius 2 is 1.98 bits per heavy atom. The molecular formula is C28H29F3N4O5. The van der Waals surface area contributed by atoms with Crippen LogP contribution in [0.5, 0.6) is 5.75 Å². The maximum atomic E-state index is 13.5. The van der Waals surface area contributed by atoms with Gasteiger partial charge in [-0.3, -0.25) is 14.9 Å². The lowest BCUT2D eigenvalue weighted by Gasteiger charge is -2.23. The Hall–Kier alpha value is -4.22. The second-order valence-corrected chi connectivity index (χ2v) is 9.58. The molecule has 2 atom stereocenters. The molecule has 12 heteroatoms. The number of aryl methyl sites for hydroxylation is 1. The largest absolute Gasteiger partial charge is 0.496 e. The minimum Gasteiger partial charge on any atom is -0.496 e. The number of aromatic nitrogens is 2. The topological polar surface area (TPSA) is 116 Å². The summed E-state index contributed by atoms with van der Waals surface area (Å²) in [7, 11) is 1.55. The number of anilines is 1. The van der Waals surface area contributed by atoms with E-state index in [0.717, 1.165) is 23.3 Å². The van der Waals surface area contributed by atoms with Gasteiger partial charge in [-0.2, -0.15) is 13.2 Å². The zero-order valence-corrected chi connectivity index (χ0v) is 22.5. The molecule has 0 radical (unpaired) electrons. The quantitative estimate of drug-likeness (QED) is 0.182. The average Bonchev–Trinajstić information content (AvgIpc) is 2.91. The van der Waals surface area contributed by atoms with Crippen LogP contribution in [0.3, 0.4) is 0 Å². The van der Waals surface area contributed by atoms with Crippen molar-refractivity contribution in [2.24, 2.45) is 5.92 Å². The molecule has 4 rings (SSSR count). The molecular weight excluding hydrogens is 529 g/mol. The second kappa shape index (κ2) is 11.5. The van der Waals surface area contributed by atoms with Crippen LogP contribution in [0.4, 0.5) is 24.7 Å². The van der Waals surface area contributed by atoms with Crippen LogP contribution in [-0.4, -0.2) is 34.6 Å². The number of fused-ring (bicyclic) bond motifs is 1. The highest BCUT2D eigenvalue weighted by atomic mass is 19.4. The van der Waals surface area contributed by atoms with E-state index in [-0.39, 0.29) is 17.5 Å². The summed E-state index contributed by atoms with van der Waals surface area (Å²) < 4.78 is 51.2. The highest BCUT2D eigenvalue weighted by Crippen LogP contribution is 2.40.